The summed E-state index contributed by atoms with van der Waals surface area (Å²) in [5.74, 6) is 0. The fraction of sp³-hybridized carbons (Fsp3) is 0.385. The Morgan fingerprint density at radius 1 is 0.963 bits per heavy atom. The Kier molecular flexibility index (Phi) is 3.22. The lowest BCUT2D eigenvalue weighted by molar-refractivity contribution is 0.185. The third-order valence-corrected chi connectivity index (χ3v) is 7.32. The van der Waals surface area contributed by atoms with Gasteiger partial charge in [-0.25, -0.2) is 0 Å². The molecular formula is C26H29N. The molecule has 0 radical (unpaired) electrons. The van der Waals surface area contributed by atoms with Gasteiger partial charge >= 0.3 is 0 Å². The van der Waals surface area contributed by atoms with Gasteiger partial charge in [-0.15, -0.1) is 0 Å². The second-order valence-corrected chi connectivity index (χ2v) is 9.99. The van der Waals surface area contributed by atoms with E-state index < -0.39 is 0 Å². The first-order chi connectivity index (χ1) is 12.7. The molecule has 5 rings (SSSR count). The quantitative estimate of drug-likeness (QED) is 0.555. The van der Waals surface area contributed by atoms with E-state index in [0.717, 1.165) is 0 Å². The zero-order valence-electron chi connectivity index (χ0n) is 17.1. The SMILES string of the molecule is CC(C)(C)C1=CC2c3cc(-c4ccccc4)ccc3C3(C)CC3(C)N2C=C1. The largest absolute Gasteiger partial charge is 0.361 e. The Morgan fingerprint density at radius 3 is 2.41 bits per heavy atom. The number of nitrogens with zero attached hydrogens (tertiary/aromatic N) is 1. The van der Waals surface area contributed by atoms with Gasteiger partial charge in [0.05, 0.1) is 6.04 Å². The predicted molar refractivity (Wildman–Crippen MR) is 114 cm³/mol. The molecule has 0 aromatic heterocycles. The number of hydrogen-bond acceptors (Lipinski definition) is 1. The van der Waals surface area contributed by atoms with Gasteiger partial charge in [-0.05, 0) is 58.7 Å². The van der Waals surface area contributed by atoms with Crippen LogP contribution in [0.1, 0.15) is 58.2 Å². The molecule has 2 heterocycles. The molecule has 27 heavy (non-hydrogen) atoms. The number of rotatable bonds is 1. The van der Waals surface area contributed by atoms with Crippen LogP contribution in [0.2, 0.25) is 0 Å². The third kappa shape index (κ3) is 2.24. The lowest BCUT2D eigenvalue weighted by Gasteiger charge is -2.46. The lowest BCUT2D eigenvalue weighted by atomic mass is 9.76. The molecular weight excluding hydrogens is 326 g/mol. The minimum Gasteiger partial charge on any atom is -0.361 e. The van der Waals surface area contributed by atoms with E-state index >= 15 is 0 Å². The molecule has 0 bridgehead atoms. The Hall–Kier alpha value is -2.28. The minimum atomic E-state index is 0.172. The maximum Gasteiger partial charge on any atom is 0.0736 e. The van der Waals surface area contributed by atoms with Crippen LogP contribution in [0.25, 0.3) is 11.1 Å². The third-order valence-electron chi connectivity index (χ3n) is 7.32. The Morgan fingerprint density at radius 2 is 1.70 bits per heavy atom. The van der Waals surface area contributed by atoms with E-state index in [9.17, 15) is 0 Å². The van der Waals surface area contributed by atoms with Crippen molar-refractivity contribution in [2.24, 2.45) is 5.41 Å². The summed E-state index contributed by atoms with van der Waals surface area (Å²) in [5.41, 5.74) is 7.75. The number of fused-ring (bicyclic) bond motifs is 6. The van der Waals surface area contributed by atoms with Crippen molar-refractivity contribution in [2.45, 2.75) is 58.0 Å². The van der Waals surface area contributed by atoms with E-state index in [0.29, 0.717) is 6.04 Å². The van der Waals surface area contributed by atoms with Crippen molar-refractivity contribution in [1.82, 2.24) is 4.90 Å². The molecule has 1 saturated carbocycles. The van der Waals surface area contributed by atoms with Gasteiger partial charge in [0.25, 0.3) is 0 Å². The van der Waals surface area contributed by atoms with Crippen molar-refractivity contribution in [3.05, 3.63) is 83.6 Å². The van der Waals surface area contributed by atoms with Gasteiger partial charge < -0.3 is 4.90 Å². The van der Waals surface area contributed by atoms with Gasteiger partial charge in [-0.3, -0.25) is 0 Å². The molecule has 0 amide bonds. The van der Waals surface area contributed by atoms with Crippen molar-refractivity contribution in [1.29, 1.82) is 0 Å². The summed E-state index contributed by atoms with van der Waals surface area (Å²) in [6, 6.07) is 18.3. The first-order valence-electron chi connectivity index (χ1n) is 10.1. The number of hydrogen-bond donors (Lipinski definition) is 0. The molecule has 3 aliphatic rings. The monoisotopic (exact) mass is 355 g/mol. The highest BCUT2D eigenvalue weighted by Gasteiger charge is 2.68. The molecule has 2 aliphatic heterocycles. The molecule has 0 spiro atoms. The lowest BCUT2D eigenvalue weighted by Crippen LogP contribution is -2.44. The first-order valence-corrected chi connectivity index (χ1v) is 10.1. The number of benzene rings is 2. The average molecular weight is 356 g/mol. The summed E-state index contributed by atoms with van der Waals surface area (Å²) >= 11 is 0. The van der Waals surface area contributed by atoms with Crippen LogP contribution in [0, 0.1) is 5.41 Å². The molecule has 1 heteroatoms. The molecule has 3 unspecified atom stereocenters. The zero-order chi connectivity index (χ0) is 19.0. The van der Waals surface area contributed by atoms with E-state index in [4.69, 9.17) is 0 Å². The van der Waals surface area contributed by atoms with Crippen LogP contribution in [-0.4, -0.2) is 10.4 Å². The highest BCUT2D eigenvalue weighted by atomic mass is 15.3. The molecule has 1 nitrogen and oxygen atoms in total. The highest BCUT2D eigenvalue weighted by Crippen LogP contribution is 2.67. The maximum absolute atomic E-state index is 2.62. The summed E-state index contributed by atoms with van der Waals surface area (Å²) < 4.78 is 0. The molecule has 2 aromatic carbocycles. The Balaban J connectivity index is 1.69. The molecule has 0 N–H and O–H groups in total. The van der Waals surface area contributed by atoms with Crippen molar-refractivity contribution in [2.75, 3.05) is 0 Å². The van der Waals surface area contributed by atoms with E-state index in [1.54, 1.807) is 5.56 Å². The van der Waals surface area contributed by atoms with Crippen LogP contribution in [0.15, 0.2) is 72.5 Å². The van der Waals surface area contributed by atoms with Crippen molar-refractivity contribution in [3.63, 3.8) is 0 Å². The highest BCUT2D eigenvalue weighted by molar-refractivity contribution is 5.67. The van der Waals surface area contributed by atoms with Crippen LogP contribution in [0.5, 0.6) is 0 Å². The molecule has 138 valence electrons. The molecule has 3 atom stereocenters. The average Bonchev–Trinajstić information content (AvgIpc) is 3.25. The minimum absolute atomic E-state index is 0.172. The van der Waals surface area contributed by atoms with E-state index in [-0.39, 0.29) is 16.4 Å². The second kappa shape index (κ2) is 5.16. The van der Waals surface area contributed by atoms with E-state index in [2.05, 4.69) is 106 Å². The van der Waals surface area contributed by atoms with E-state index in [1.165, 1.54) is 28.7 Å². The Labute approximate surface area is 163 Å². The van der Waals surface area contributed by atoms with Gasteiger partial charge in [0.1, 0.15) is 0 Å². The Bertz CT molecular complexity index is 975. The van der Waals surface area contributed by atoms with Crippen LogP contribution in [0.3, 0.4) is 0 Å². The maximum atomic E-state index is 2.62. The van der Waals surface area contributed by atoms with Crippen LogP contribution < -0.4 is 0 Å². The molecule has 0 saturated heterocycles. The summed E-state index contributed by atoms with van der Waals surface area (Å²) in [6.45, 7) is 11.8. The fourth-order valence-corrected chi connectivity index (χ4v) is 5.30. The van der Waals surface area contributed by atoms with Crippen LogP contribution in [0.4, 0.5) is 0 Å². The smallest absolute Gasteiger partial charge is 0.0736 e. The second-order valence-electron chi connectivity index (χ2n) is 9.99. The van der Waals surface area contributed by atoms with Gasteiger partial charge in [0.2, 0.25) is 0 Å². The number of allylic oxidation sites excluding steroid dienone is 2. The van der Waals surface area contributed by atoms with Gasteiger partial charge in [0.15, 0.2) is 0 Å². The van der Waals surface area contributed by atoms with Gasteiger partial charge in [-0.1, -0.05) is 76.2 Å². The standard InChI is InChI=1S/C26H29N/c1-24(2,3)20-13-14-27-23(16-20)21-15-19(18-9-7-6-8-10-18)11-12-22(21)25(4)17-26(25,27)5/h6-16,23H,17H2,1-5H3. The topological polar surface area (TPSA) is 3.24 Å². The predicted octanol–water partition coefficient (Wildman–Crippen LogP) is 6.63. The van der Waals surface area contributed by atoms with Crippen molar-refractivity contribution >= 4 is 0 Å². The summed E-state index contributed by atoms with van der Waals surface area (Å²) in [4.78, 5) is 2.62. The van der Waals surface area contributed by atoms with Crippen LogP contribution >= 0.6 is 0 Å². The molecule has 2 aromatic rings. The summed E-state index contributed by atoms with van der Waals surface area (Å²) in [6.07, 6.45) is 8.45. The fourth-order valence-electron chi connectivity index (χ4n) is 5.30. The van der Waals surface area contributed by atoms with E-state index in [1.807, 2.05) is 0 Å². The normalized spacial score (nSPS) is 30.9. The summed E-state index contributed by atoms with van der Waals surface area (Å²) in [5, 5.41) is 0. The van der Waals surface area contributed by atoms with Gasteiger partial charge in [0, 0.05) is 17.2 Å². The zero-order valence-corrected chi connectivity index (χ0v) is 17.1. The van der Waals surface area contributed by atoms with Crippen molar-refractivity contribution in [3.8, 4) is 11.1 Å². The molecule has 1 aliphatic carbocycles. The first kappa shape index (κ1) is 16.9. The summed E-state index contributed by atoms with van der Waals surface area (Å²) in [7, 11) is 0. The van der Waals surface area contributed by atoms with Crippen molar-refractivity contribution < 1.29 is 0 Å². The van der Waals surface area contributed by atoms with Gasteiger partial charge in [-0.2, -0.15) is 0 Å². The van der Waals surface area contributed by atoms with Crippen LogP contribution in [-0.2, 0) is 5.41 Å². The molecule has 1 fully saturated rings.